The summed E-state index contributed by atoms with van der Waals surface area (Å²) in [6, 6.07) is 11.5. The first kappa shape index (κ1) is 16.7. The molecular formula is C19H21N5O. The summed E-state index contributed by atoms with van der Waals surface area (Å²) in [6.45, 7) is 4.37. The second kappa shape index (κ2) is 7.17. The number of carbonyl (C=O) groups excluding carboxylic acids is 1. The summed E-state index contributed by atoms with van der Waals surface area (Å²) in [5.74, 6) is 0. The third-order valence-electron chi connectivity index (χ3n) is 3.82. The van der Waals surface area contributed by atoms with Gasteiger partial charge in [0.15, 0.2) is 0 Å². The average Bonchev–Trinajstić information content (AvgIpc) is 2.94. The molecule has 2 aromatic heterocycles. The van der Waals surface area contributed by atoms with E-state index in [1.807, 2.05) is 51.2 Å². The lowest BCUT2D eigenvalue weighted by molar-refractivity contribution is 0.251. The Bertz CT molecular complexity index is 866. The number of nitrogens with zero attached hydrogens (tertiary/aromatic N) is 3. The van der Waals surface area contributed by atoms with Crippen molar-refractivity contribution in [2.24, 2.45) is 7.05 Å². The quantitative estimate of drug-likeness (QED) is 0.767. The number of hydrogen-bond acceptors (Lipinski definition) is 3. The van der Waals surface area contributed by atoms with Gasteiger partial charge in [-0.3, -0.25) is 9.67 Å². The number of anilines is 1. The molecule has 0 unspecified atom stereocenters. The predicted octanol–water partition coefficient (Wildman–Crippen LogP) is 3.42. The number of aryl methyl sites for hydroxylation is 3. The second-order valence-electron chi connectivity index (χ2n) is 6.06. The molecule has 0 bridgehead atoms. The van der Waals surface area contributed by atoms with Crippen LogP contribution in [0.5, 0.6) is 0 Å². The van der Waals surface area contributed by atoms with Gasteiger partial charge in [-0.25, -0.2) is 4.79 Å². The standard InChI is InChI=1S/C19H21N5O/c1-13-8-14(2)10-16(9-13)22-19(25)21-12-17-11-18(24(3)23-17)15-4-6-20-7-5-15/h4-11H,12H2,1-3H3,(H2,21,22,25). The maximum atomic E-state index is 12.1. The Kier molecular flexibility index (Phi) is 4.79. The van der Waals surface area contributed by atoms with Gasteiger partial charge in [-0.05, 0) is 55.3 Å². The minimum absolute atomic E-state index is 0.249. The van der Waals surface area contributed by atoms with Crippen LogP contribution in [0.2, 0.25) is 0 Å². The van der Waals surface area contributed by atoms with Crippen LogP contribution in [0.25, 0.3) is 11.3 Å². The number of nitrogens with one attached hydrogen (secondary N) is 2. The van der Waals surface area contributed by atoms with Gasteiger partial charge in [0, 0.05) is 30.7 Å². The molecule has 0 aliphatic rings. The molecule has 0 aliphatic carbocycles. The topological polar surface area (TPSA) is 71.8 Å². The van der Waals surface area contributed by atoms with Crippen LogP contribution in [0.1, 0.15) is 16.8 Å². The van der Waals surface area contributed by atoms with E-state index in [1.54, 1.807) is 17.1 Å². The molecule has 1 aromatic carbocycles. The molecule has 3 rings (SSSR count). The van der Waals surface area contributed by atoms with Gasteiger partial charge in [-0.1, -0.05) is 6.07 Å². The first-order valence-electron chi connectivity index (χ1n) is 8.08. The monoisotopic (exact) mass is 335 g/mol. The Morgan fingerprint density at radius 2 is 1.76 bits per heavy atom. The van der Waals surface area contributed by atoms with Crippen molar-refractivity contribution in [3.63, 3.8) is 0 Å². The summed E-state index contributed by atoms with van der Waals surface area (Å²) in [5, 5.41) is 10.1. The zero-order valence-electron chi connectivity index (χ0n) is 14.6. The van der Waals surface area contributed by atoms with Gasteiger partial charge in [0.05, 0.1) is 17.9 Å². The molecule has 128 valence electrons. The zero-order valence-corrected chi connectivity index (χ0v) is 14.6. The minimum atomic E-state index is -0.249. The SMILES string of the molecule is Cc1cc(C)cc(NC(=O)NCc2cc(-c3ccncc3)n(C)n2)c1. The van der Waals surface area contributed by atoms with Crippen molar-refractivity contribution >= 4 is 11.7 Å². The lowest BCUT2D eigenvalue weighted by Crippen LogP contribution is -2.28. The van der Waals surface area contributed by atoms with Crippen LogP contribution < -0.4 is 10.6 Å². The van der Waals surface area contributed by atoms with Crippen molar-refractivity contribution in [3.05, 3.63) is 65.6 Å². The zero-order chi connectivity index (χ0) is 17.8. The molecule has 2 amide bonds. The lowest BCUT2D eigenvalue weighted by atomic mass is 10.1. The van der Waals surface area contributed by atoms with E-state index in [0.29, 0.717) is 6.54 Å². The molecule has 25 heavy (non-hydrogen) atoms. The van der Waals surface area contributed by atoms with E-state index in [4.69, 9.17) is 0 Å². The van der Waals surface area contributed by atoms with E-state index in [-0.39, 0.29) is 6.03 Å². The van der Waals surface area contributed by atoms with Crippen LogP contribution in [-0.4, -0.2) is 20.8 Å². The Labute approximate surface area is 146 Å². The Morgan fingerprint density at radius 3 is 2.44 bits per heavy atom. The Hall–Kier alpha value is -3.15. The highest BCUT2D eigenvalue weighted by molar-refractivity contribution is 5.89. The number of aromatic nitrogens is 3. The van der Waals surface area contributed by atoms with Crippen LogP contribution in [-0.2, 0) is 13.6 Å². The fraction of sp³-hybridized carbons (Fsp3) is 0.211. The van der Waals surface area contributed by atoms with Crippen LogP contribution in [0.15, 0.2) is 48.8 Å². The maximum absolute atomic E-state index is 12.1. The lowest BCUT2D eigenvalue weighted by Gasteiger charge is -2.08. The second-order valence-corrected chi connectivity index (χ2v) is 6.06. The number of amides is 2. The first-order valence-corrected chi connectivity index (χ1v) is 8.08. The number of benzene rings is 1. The molecule has 0 aliphatic heterocycles. The fourth-order valence-corrected chi connectivity index (χ4v) is 2.80. The van der Waals surface area contributed by atoms with Gasteiger partial charge in [-0.15, -0.1) is 0 Å². The van der Waals surface area contributed by atoms with E-state index in [2.05, 4.69) is 26.8 Å². The van der Waals surface area contributed by atoms with Gasteiger partial charge in [0.25, 0.3) is 0 Å². The number of rotatable bonds is 4. The molecule has 2 N–H and O–H groups in total. The average molecular weight is 335 g/mol. The number of hydrogen-bond donors (Lipinski definition) is 2. The highest BCUT2D eigenvalue weighted by atomic mass is 16.2. The van der Waals surface area contributed by atoms with E-state index in [0.717, 1.165) is 33.8 Å². The summed E-state index contributed by atoms with van der Waals surface area (Å²) in [7, 11) is 1.88. The normalized spacial score (nSPS) is 10.5. The molecule has 3 aromatic rings. The van der Waals surface area contributed by atoms with Crippen LogP contribution in [0, 0.1) is 13.8 Å². The van der Waals surface area contributed by atoms with Gasteiger partial charge >= 0.3 is 6.03 Å². The van der Waals surface area contributed by atoms with E-state index < -0.39 is 0 Å². The van der Waals surface area contributed by atoms with Crippen LogP contribution >= 0.6 is 0 Å². The van der Waals surface area contributed by atoms with E-state index in [1.165, 1.54) is 0 Å². The highest BCUT2D eigenvalue weighted by Gasteiger charge is 2.09. The van der Waals surface area contributed by atoms with Crippen molar-refractivity contribution < 1.29 is 4.79 Å². The molecule has 0 spiro atoms. The maximum Gasteiger partial charge on any atom is 0.319 e. The van der Waals surface area contributed by atoms with Gasteiger partial charge in [0.2, 0.25) is 0 Å². The first-order chi connectivity index (χ1) is 12.0. The highest BCUT2D eigenvalue weighted by Crippen LogP contribution is 2.18. The van der Waals surface area contributed by atoms with Gasteiger partial charge in [-0.2, -0.15) is 5.10 Å². The van der Waals surface area contributed by atoms with Crippen molar-refractivity contribution in [1.29, 1.82) is 0 Å². The van der Waals surface area contributed by atoms with Crippen LogP contribution in [0.3, 0.4) is 0 Å². The van der Waals surface area contributed by atoms with Crippen molar-refractivity contribution in [1.82, 2.24) is 20.1 Å². The predicted molar refractivity (Wildman–Crippen MR) is 98.2 cm³/mol. The molecule has 0 atom stereocenters. The van der Waals surface area contributed by atoms with E-state index >= 15 is 0 Å². The van der Waals surface area contributed by atoms with Crippen molar-refractivity contribution in [2.45, 2.75) is 20.4 Å². The molecule has 0 fully saturated rings. The molecule has 0 saturated heterocycles. The minimum Gasteiger partial charge on any atom is -0.332 e. The molecule has 6 nitrogen and oxygen atoms in total. The summed E-state index contributed by atoms with van der Waals surface area (Å²) in [4.78, 5) is 16.1. The number of carbonyl (C=O) groups is 1. The Balaban J connectivity index is 1.63. The van der Waals surface area contributed by atoms with Crippen molar-refractivity contribution in [3.8, 4) is 11.3 Å². The third-order valence-corrected chi connectivity index (χ3v) is 3.82. The number of urea groups is 1. The smallest absolute Gasteiger partial charge is 0.319 e. The molecule has 0 radical (unpaired) electrons. The summed E-state index contributed by atoms with van der Waals surface area (Å²) in [6.07, 6.45) is 3.50. The van der Waals surface area contributed by atoms with Crippen molar-refractivity contribution in [2.75, 3.05) is 5.32 Å². The summed E-state index contributed by atoms with van der Waals surface area (Å²) in [5.41, 5.74) is 5.83. The molecule has 6 heteroatoms. The molecular weight excluding hydrogens is 314 g/mol. The Morgan fingerprint density at radius 1 is 1.08 bits per heavy atom. The summed E-state index contributed by atoms with van der Waals surface area (Å²) >= 11 is 0. The fourth-order valence-electron chi connectivity index (χ4n) is 2.80. The molecule has 2 heterocycles. The summed E-state index contributed by atoms with van der Waals surface area (Å²) < 4.78 is 1.80. The van der Waals surface area contributed by atoms with E-state index in [9.17, 15) is 4.79 Å². The van der Waals surface area contributed by atoms with Crippen LogP contribution in [0.4, 0.5) is 10.5 Å². The largest absolute Gasteiger partial charge is 0.332 e. The van der Waals surface area contributed by atoms with Gasteiger partial charge in [0.1, 0.15) is 0 Å². The molecule has 0 saturated carbocycles. The van der Waals surface area contributed by atoms with Gasteiger partial charge < -0.3 is 10.6 Å². The third kappa shape index (κ3) is 4.23. The number of pyridine rings is 1.